The topological polar surface area (TPSA) is 67.4 Å². The molecule has 88 valence electrons. The lowest BCUT2D eigenvalue weighted by Crippen LogP contribution is -2.57. The minimum atomic E-state index is -0.583. The average Bonchev–Trinajstić information content (AvgIpc) is 2.61. The van der Waals surface area contributed by atoms with E-state index >= 15 is 0 Å². The lowest BCUT2D eigenvalue weighted by molar-refractivity contribution is -0.137. The molecule has 5 nitrogen and oxygen atoms in total. The number of ether oxygens (including phenoxy) is 1. The average molecular weight is 224 g/mol. The lowest BCUT2D eigenvalue weighted by Gasteiger charge is -2.40. The summed E-state index contributed by atoms with van der Waals surface area (Å²) in [5.74, 6) is -0.297. The molecule has 3 fully saturated rings. The van der Waals surface area contributed by atoms with Crippen LogP contribution in [0.1, 0.15) is 20.3 Å². The van der Waals surface area contributed by atoms with Crippen molar-refractivity contribution in [3.05, 3.63) is 0 Å². The first-order chi connectivity index (χ1) is 7.51. The van der Waals surface area contributed by atoms with E-state index in [9.17, 15) is 9.59 Å². The summed E-state index contributed by atoms with van der Waals surface area (Å²) in [6.45, 7) is 5.03. The van der Waals surface area contributed by atoms with Crippen molar-refractivity contribution in [2.75, 3.05) is 6.54 Å². The van der Waals surface area contributed by atoms with Crippen LogP contribution >= 0.6 is 0 Å². The quantitative estimate of drug-likeness (QED) is 0.540. The van der Waals surface area contributed by atoms with Gasteiger partial charge in [-0.1, -0.05) is 6.92 Å². The Morgan fingerprint density at radius 2 is 2.12 bits per heavy atom. The van der Waals surface area contributed by atoms with Crippen molar-refractivity contribution in [3.8, 4) is 0 Å². The lowest BCUT2D eigenvalue weighted by atomic mass is 9.78. The Hall–Kier alpha value is -0.940. The fourth-order valence-electron chi connectivity index (χ4n) is 3.38. The molecular weight excluding hydrogens is 208 g/mol. The third kappa shape index (κ3) is 1.18. The fourth-order valence-corrected chi connectivity index (χ4v) is 3.38. The van der Waals surface area contributed by atoms with Gasteiger partial charge in [0, 0.05) is 0 Å². The zero-order valence-electron chi connectivity index (χ0n) is 9.45. The van der Waals surface area contributed by atoms with E-state index in [1.165, 1.54) is 0 Å². The number of rotatable bonds is 0. The van der Waals surface area contributed by atoms with Crippen molar-refractivity contribution >= 4 is 11.8 Å². The second-order valence-electron chi connectivity index (χ2n) is 5.43. The number of fused-ring (bicyclic) bond motifs is 3. The van der Waals surface area contributed by atoms with Crippen LogP contribution in [0.3, 0.4) is 0 Å². The van der Waals surface area contributed by atoms with Gasteiger partial charge in [-0.2, -0.15) is 0 Å². The molecule has 3 aliphatic heterocycles. The van der Waals surface area contributed by atoms with Crippen LogP contribution in [0, 0.1) is 11.8 Å². The molecule has 0 aromatic carbocycles. The van der Waals surface area contributed by atoms with Gasteiger partial charge in [0.25, 0.3) is 5.91 Å². The van der Waals surface area contributed by atoms with Crippen molar-refractivity contribution < 1.29 is 14.3 Å². The van der Waals surface area contributed by atoms with Gasteiger partial charge in [0.15, 0.2) is 6.10 Å². The van der Waals surface area contributed by atoms with Crippen molar-refractivity contribution in [1.82, 2.24) is 10.6 Å². The highest BCUT2D eigenvalue weighted by Gasteiger charge is 2.62. The van der Waals surface area contributed by atoms with Gasteiger partial charge in [-0.25, -0.2) is 0 Å². The molecule has 2 amide bonds. The Kier molecular flexibility index (Phi) is 1.95. The maximum Gasteiger partial charge on any atom is 0.256 e. The number of piperidine rings is 1. The normalized spacial score (nSPS) is 51.1. The van der Waals surface area contributed by atoms with Crippen LogP contribution in [0.15, 0.2) is 0 Å². The van der Waals surface area contributed by atoms with Gasteiger partial charge in [-0.15, -0.1) is 0 Å². The van der Waals surface area contributed by atoms with Gasteiger partial charge >= 0.3 is 0 Å². The van der Waals surface area contributed by atoms with Gasteiger partial charge in [0.2, 0.25) is 5.91 Å². The molecule has 3 rings (SSSR count). The van der Waals surface area contributed by atoms with Gasteiger partial charge < -0.3 is 10.1 Å². The van der Waals surface area contributed by atoms with Gasteiger partial charge in [-0.05, 0) is 25.8 Å². The first-order valence-electron chi connectivity index (χ1n) is 5.77. The molecule has 0 aromatic heterocycles. The number of hydrogen-bond donors (Lipinski definition) is 2. The molecule has 0 saturated carbocycles. The third-order valence-electron chi connectivity index (χ3n) is 3.99. The monoisotopic (exact) mass is 224 g/mol. The standard InChI is InChI=1S/C11H16N2O3/c1-5-3-11(2)8(12-4-5)6-7(16-11)10(15)13-9(6)14/h5-8,12H,3-4H2,1-2H3,(H,13,14,15). The molecule has 0 spiro atoms. The highest BCUT2D eigenvalue weighted by molar-refractivity contribution is 6.07. The number of carbonyl (C=O) groups is 2. The number of imide groups is 1. The largest absolute Gasteiger partial charge is 0.360 e. The summed E-state index contributed by atoms with van der Waals surface area (Å²) in [7, 11) is 0. The van der Waals surface area contributed by atoms with Crippen LogP contribution in [-0.2, 0) is 14.3 Å². The van der Waals surface area contributed by atoms with Crippen molar-refractivity contribution in [3.63, 3.8) is 0 Å². The van der Waals surface area contributed by atoms with Crippen LogP contribution in [0.25, 0.3) is 0 Å². The highest BCUT2D eigenvalue weighted by atomic mass is 16.5. The third-order valence-corrected chi connectivity index (χ3v) is 3.99. The summed E-state index contributed by atoms with van der Waals surface area (Å²) in [6, 6.07) is -0.0276. The summed E-state index contributed by atoms with van der Waals surface area (Å²) in [4.78, 5) is 23.2. The maximum atomic E-state index is 11.7. The molecule has 5 heteroatoms. The fraction of sp³-hybridized carbons (Fsp3) is 0.818. The SMILES string of the molecule is CC1CNC2C3C(=O)NC(=O)C3OC2(C)C1. The van der Waals surface area contributed by atoms with Gasteiger partial charge in [0.05, 0.1) is 17.6 Å². The molecular formula is C11H16N2O3. The number of amides is 2. The van der Waals surface area contributed by atoms with E-state index in [1.807, 2.05) is 6.92 Å². The van der Waals surface area contributed by atoms with E-state index in [1.54, 1.807) is 0 Å². The number of hydrogen-bond acceptors (Lipinski definition) is 4. The van der Waals surface area contributed by atoms with Crippen molar-refractivity contribution in [2.24, 2.45) is 11.8 Å². The molecule has 0 aromatic rings. The Balaban J connectivity index is 1.94. The summed E-state index contributed by atoms with van der Waals surface area (Å²) in [5.41, 5.74) is -0.375. The van der Waals surface area contributed by atoms with Crippen LogP contribution in [-0.4, -0.2) is 36.1 Å². The van der Waals surface area contributed by atoms with E-state index in [0.717, 1.165) is 13.0 Å². The van der Waals surface area contributed by atoms with Crippen molar-refractivity contribution in [2.45, 2.75) is 38.0 Å². The zero-order valence-corrected chi connectivity index (χ0v) is 9.45. The van der Waals surface area contributed by atoms with E-state index in [0.29, 0.717) is 5.92 Å². The van der Waals surface area contributed by atoms with Gasteiger partial charge in [-0.3, -0.25) is 14.9 Å². The summed E-state index contributed by atoms with van der Waals surface area (Å²) in [5, 5.41) is 5.69. The molecule has 3 saturated heterocycles. The first-order valence-corrected chi connectivity index (χ1v) is 5.77. The van der Waals surface area contributed by atoms with E-state index in [4.69, 9.17) is 4.74 Å². The molecule has 3 aliphatic rings. The minimum Gasteiger partial charge on any atom is -0.360 e. The Labute approximate surface area is 93.9 Å². The van der Waals surface area contributed by atoms with E-state index in [-0.39, 0.29) is 29.4 Å². The predicted octanol–water partition coefficient (Wildman–Crippen LogP) is -0.585. The maximum absolute atomic E-state index is 11.7. The smallest absolute Gasteiger partial charge is 0.256 e. The van der Waals surface area contributed by atoms with Crippen LogP contribution < -0.4 is 10.6 Å². The predicted molar refractivity (Wildman–Crippen MR) is 55.5 cm³/mol. The molecule has 16 heavy (non-hydrogen) atoms. The van der Waals surface area contributed by atoms with E-state index < -0.39 is 6.10 Å². The molecule has 5 unspecified atom stereocenters. The summed E-state index contributed by atoms with van der Waals surface area (Å²) in [6.07, 6.45) is 0.318. The number of carbonyl (C=O) groups excluding carboxylic acids is 2. The Bertz CT molecular complexity index is 370. The van der Waals surface area contributed by atoms with Crippen molar-refractivity contribution in [1.29, 1.82) is 0 Å². The summed E-state index contributed by atoms with van der Waals surface area (Å²) >= 11 is 0. The molecule has 3 heterocycles. The van der Waals surface area contributed by atoms with Crippen LogP contribution in [0.2, 0.25) is 0 Å². The Morgan fingerprint density at radius 1 is 1.38 bits per heavy atom. The summed E-state index contributed by atoms with van der Waals surface area (Å²) < 4.78 is 5.83. The Morgan fingerprint density at radius 3 is 2.88 bits per heavy atom. The van der Waals surface area contributed by atoms with E-state index in [2.05, 4.69) is 17.6 Å². The van der Waals surface area contributed by atoms with Crippen LogP contribution in [0.4, 0.5) is 0 Å². The molecule has 0 radical (unpaired) electrons. The molecule has 2 N–H and O–H groups in total. The second-order valence-corrected chi connectivity index (χ2v) is 5.43. The second kappa shape index (κ2) is 3.05. The molecule has 0 bridgehead atoms. The molecule has 0 aliphatic carbocycles. The molecule has 5 atom stereocenters. The van der Waals surface area contributed by atoms with Crippen LogP contribution in [0.5, 0.6) is 0 Å². The highest BCUT2D eigenvalue weighted by Crippen LogP contribution is 2.43. The zero-order chi connectivity index (χ0) is 11.5. The number of nitrogens with one attached hydrogen (secondary N) is 2. The first kappa shape index (κ1) is 10.2. The van der Waals surface area contributed by atoms with Gasteiger partial charge in [0.1, 0.15) is 0 Å². The minimum absolute atomic E-state index is 0.0276.